The predicted octanol–water partition coefficient (Wildman–Crippen LogP) is 4.18. The smallest absolute Gasteiger partial charge is 0.124 e. The van der Waals surface area contributed by atoms with E-state index in [0.29, 0.717) is 0 Å². The Morgan fingerprint density at radius 1 is 1.44 bits per heavy atom. The molecule has 1 saturated carbocycles. The third kappa shape index (κ3) is 2.46. The summed E-state index contributed by atoms with van der Waals surface area (Å²) in [7, 11) is 0. The van der Waals surface area contributed by atoms with Crippen LogP contribution >= 0.6 is 15.9 Å². The lowest BCUT2D eigenvalue weighted by Gasteiger charge is -2.42. The lowest BCUT2D eigenvalue weighted by atomic mass is 9.78. The van der Waals surface area contributed by atoms with Crippen molar-refractivity contribution < 1.29 is 4.39 Å². The highest BCUT2D eigenvalue weighted by atomic mass is 79.9. The van der Waals surface area contributed by atoms with Crippen molar-refractivity contribution in [1.29, 1.82) is 0 Å². The number of benzene rings is 1. The number of hydrogen-bond acceptors (Lipinski definition) is 1. The van der Waals surface area contributed by atoms with Crippen LogP contribution in [0.3, 0.4) is 0 Å². The van der Waals surface area contributed by atoms with Crippen LogP contribution in [-0.4, -0.2) is 5.54 Å². The first-order valence-electron chi connectivity index (χ1n) is 5.73. The Bertz CT molecular complexity index is 388. The summed E-state index contributed by atoms with van der Waals surface area (Å²) in [6.07, 6.45) is 3.77. The van der Waals surface area contributed by atoms with Crippen LogP contribution in [0.1, 0.15) is 44.7 Å². The van der Waals surface area contributed by atoms with Gasteiger partial charge in [0.15, 0.2) is 0 Å². The lowest BCUT2D eigenvalue weighted by Crippen LogP contribution is -2.49. The van der Waals surface area contributed by atoms with E-state index in [4.69, 9.17) is 0 Å². The van der Waals surface area contributed by atoms with E-state index in [9.17, 15) is 4.39 Å². The quantitative estimate of drug-likeness (QED) is 0.879. The van der Waals surface area contributed by atoms with Crippen molar-refractivity contribution in [2.45, 2.75) is 44.7 Å². The van der Waals surface area contributed by atoms with Gasteiger partial charge < -0.3 is 5.32 Å². The van der Waals surface area contributed by atoms with Crippen molar-refractivity contribution in [1.82, 2.24) is 5.32 Å². The summed E-state index contributed by atoms with van der Waals surface area (Å²) >= 11 is 3.42. The molecule has 0 aromatic heterocycles. The molecule has 1 aromatic carbocycles. The minimum absolute atomic E-state index is 0.197. The van der Waals surface area contributed by atoms with Gasteiger partial charge in [0, 0.05) is 16.1 Å². The first-order valence-corrected chi connectivity index (χ1v) is 6.52. The average molecular weight is 286 g/mol. The Kier molecular flexibility index (Phi) is 3.36. The molecule has 88 valence electrons. The third-order valence-electron chi connectivity index (χ3n) is 3.45. The second-order valence-electron chi connectivity index (χ2n) is 4.95. The molecule has 1 atom stereocenters. The number of hydrogen-bond donors (Lipinski definition) is 1. The molecular formula is C13H17BrFN. The third-order valence-corrected chi connectivity index (χ3v) is 4.14. The normalized spacial score (nSPS) is 20.2. The van der Waals surface area contributed by atoms with Gasteiger partial charge in [0.25, 0.3) is 0 Å². The molecule has 1 aliphatic rings. The van der Waals surface area contributed by atoms with Gasteiger partial charge in [-0.05, 0) is 50.8 Å². The summed E-state index contributed by atoms with van der Waals surface area (Å²) in [5, 5.41) is 3.62. The molecule has 1 fully saturated rings. The highest BCUT2D eigenvalue weighted by Crippen LogP contribution is 2.34. The van der Waals surface area contributed by atoms with Crippen LogP contribution < -0.4 is 5.32 Å². The Morgan fingerprint density at radius 3 is 2.62 bits per heavy atom. The highest BCUT2D eigenvalue weighted by molar-refractivity contribution is 9.10. The topological polar surface area (TPSA) is 12.0 Å². The summed E-state index contributed by atoms with van der Waals surface area (Å²) in [5.41, 5.74) is 1.39. The molecule has 1 aromatic rings. The van der Waals surface area contributed by atoms with Crippen LogP contribution in [-0.2, 0) is 0 Å². The Balaban J connectivity index is 2.11. The monoisotopic (exact) mass is 285 g/mol. The second kappa shape index (κ2) is 4.46. The fraction of sp³-hybridized carbons (Fsp3) is 0.538. The second-order valence-corrected chi connectivity index (χ2v) is 5.80. The SMILES string of the molecule is CC(NC1(C)CCC1)c1ccc(F)cc1Br. The van der Waals surface area contributed by atoms with E-state index in [0.717, 1.165) is 10.0 Å². The zero-order chi connectivity index (χ0) is 11.8. The molecule has 0 aliphatic heterocycles. The molecule has 0 spiro atoms. The largest absolute Gasteiger partial charge is 0.305 e. The maximum atomic E-state index is 13.0. The van der Waals surface area contributed by atoms with Gasteiger partial charge in [-0.1, -0.05) is 22.0 Å². The fourth-order valence-corrected chi connectivity index (χ4v) is 3.00. The molecule has 1 N–H and O–H groups in total. The van der Waals surface area contributed by atoms with E-state index in [-0.39, 0.29) is 17.4 Å². The molecule has 16 heavy (non-hydrogen) atoms. The van der Waals surface area contributed by atoms with Gasteiger partial charge in [-0.15, -0.1) is 0 Å². The van der Waals surface area contributed by atoms with Crippen LogP contribution in [0.2, 0.25) is 0 Å². The molecule has 2 rings (SSSR count). The summed E-state index contributed by atoms with van der Waals surface area (Å²) < 4.78 is 13.8. The van der Waals surface area contributed by atoms with Crippen molar-refractivity contribution in [2.75, 3.05) is 0 Å². The van der Waals surface area contributed by atoms with Gasteiger partial charge in [0.2, 0.25) is 0 Å². The Labute approximate surface area is 105 Å². The molecule has 1 unspecified atom stereocenters. The minimum Gasteiger partial charge on any atom is -0.305 e. The van der Waals surface area contributed by atoms with E-state index in [1.807, 2.05) is 6.07 Å². The number of rotatable bonds is 3. The standard InChI is InChI=1S/C13H17BrFN/c1-9(16-13(2)6-3-7-13)11-5-4-10(15)8-12(11)14/h4-5,8-9,16H,3,6-7H2,1-2H3. The fourth-order valence-electron chi connectivity index (χ4n) is 2.30. The molecule has 1 nitrogen and oxygen atoms in total. The van der Waals surface area contributed by atoms with E-state index in [2.05, 4.69) is 35.1 Å². The summed E-state index contributed by atoms with van der Waals surface area (Å²) in [6, 6.07) is 5.14. The van der Waals surface area contributed by atoms with Crippen LogP contribution in [0.25, 0.3) is 0 Å². The van der Waals surface area contributed by atoms with Crippen LogP contribution in [0.15, 0.2) is 22.7 Å². The van der Waals surface area contributed by atoms with Gasteiger partial charge in [-0.25, -0.2) is 4.39 Å². The van der Waals surface area contributed by atoms with E-state index >= 15 is 0 Å². The van der Waals surface area contributed by atoms with Crippen molar-refractivity contribution in [3.8, 4) is 0 Å². The molecule has 0 bridgehead atoms. The summed E-state index contributed by atoms with van der Waals surface area (Å²) in [5.74, 6) is -0.197. The first kappa shape index (κ1) is 12.1. The van der Waals surface area contributed by atoms with Gasteiger partial charge in [0.1, 0.15) is 5.82 Å². The molecule has 0 amide bonds. The van der Waals surface area contributed by atoms with Gasteiger partial charge >= 0.3 is 0 Å². The van der Waals surface area contributed by atoms with Crippen molar-refractivity contribution in [3.05, 3.63) is 34.1 Å². The van der Waals surface area contributed by atoms with Crippen molar-refractivity contribution in [3.63, 3.8) is 0 Å². The van der Waals surface area contributed by atoms with Gasteiger partial charge in [0.05, 0.1) is 0 Å². The molecule has 0 heterocycles. The summed E-state index contributed by atoms with van der Waals surface area (Å²) in [4.78, 5) is 0. The zero-order valence-electron chi connectivity index (χ0n) is 9.69. The van der Waals surface area contributed by atoms with Gasteiger partial charge in [-0.3, -0.25) is 0 Å². The Morgan fingerprint density at radius 2 is 2.12 bits per heavy atom. The van der Waals surface area contributed by atoms with Crippen molar-refractivity contribution >= 4 is 15.9 Å². The minimum atomic E-state index is -0.197. The van der Waals surface area contributed by atoms with Crippen LogP contribution in [0, 0.1) is 5.82 Å². The van der Waals surface area contributed by atoms with Gasteiger partial charge in [-0.2, -0.15) is 0 Å². The first-order chi connectivity index (χ1) is 7.50. The Hall–Kier alpha value is -0.410. The maximum absolute atomic E-state index is 13.0. The van der Waals surface area contributed by atoms with E-state index in [1.165, 1.54) is 31.4 Å². The number of halogens is 2. The highest BCUT2D eigenvalue weighted by Gasteiger charge is 2.33. The molecule has 3 heteroatoms. The molecule has 1 aliphatic carbocycles. The zero-order valence-corrected chi connectivity index (χ0v) is 11.3. The van der Waals surface area contributed by atoms with E-state index in [1.54, 1.807) is 0 Å². The maximum Gasteiger partial charge on any atom is 0.124 e. The summed E-state index contributed by atoms with van der Waals surface area (Å²) in [6.45, 7) is 4.38. The number of nitrogens with one attached hydrogen (secondary N) is 1. The van der Waals surface area contributed by atoms with E-state index < -0.39 is 0 Å². The van der Waals surface area contributed by atoms with Crippen LogP contribution in [0.4, 0.5) is 4.39 Å². The van der Waals surface area contributed by atoms with Crippen LogP contribution in [0.5, 0.6) is 0 Å². The average Bonchev–Trinajstić information content (AvgIpc) is 2.14. The molecular weight excluding hydrogens is 269 g/mol. The molecule has 0 radical (unpaired) electrons. The molecule has 0 saturated heterocycles. The van der Waals surface area contributed by atoms with Crippen molar-refractivity contribution in [2.24, 2.45) is 0 Å². The predicted molar refractivity (Wildman–Crippen MR) is 67.9 cm³/mol. The lowest BCUT2D eigenvalue weighted by molar-refractivity contribution is 0.189.